The van der Waals surface area contributed by atoms with E-state index in [9.17, 15) is 4.79 Å². The maximum Gasteiger partial charge on any atom is 0.251 e. The first-order chi connectivity index (χ1) is 11.5. The lowest BCUT2D eigenvalue weighted by Gasteiger charge is -2.14. The molecule has 1 heterocycles. The predicted molar refractivity (Wildman–Crippen MR) is 101 cm³/mol. The number of nitrogens with two attached hydrogens (primary N) is 1. The fraction of sp³-hybridized carbons (Fsp3) is 0.476. The highest BCUT2D eigenvalue weighted by atomic mass is 16.1. The number of carbonyl (C=O) groups is 1. The van der Waals surface area contributed by atoms with E-state index in [2.05, 4.69) is 37.5 Å². The van der Waals surface area contributed by atoms with Crippen molar-refractivity contribution in [3.05, 3.63) is 47.3 Å². The van der Waals surface area contributed by atoms with Gasteiger partial charge in [0.1, 0.15) is 0 Å². The Morgan fingerprint density at radius 3 is 2.42 bits per heavy atom. The first-order valence-electron chi connectivity index (χ1n) is 9.04. The molecule has 2 rings (SSSR count). The van der Waals surface area contributed by atoms with Crippen molar-refractivity contribution in [2.45, 2.75) is 59.9 Å². The number of amides is 1. The van der Waals surface area contributed by atoms with Gasteiger partial charge in [-0.3, -0.25) is 4.79 Å². The average molecular weight is 326 g/mol. The molecule has 1 amide bonds. The molecular weight excluding hydrogens is 296 g/mol. The van der Waals surface area contributed by atoms with Gasteiger partial charge in [-0.2, -0.15) is 0 Å². The van der Waals surface area contributed by atoms with Crippen LogP contribution in [-0.2, 0) is 13.0 Å². The van der Waals surface area contributed by atoms with E-state index < -0.39 is 0 Å². The molecule has 0 aliphatic carbocycles. The number of carbonyl (C=O) groups excluding carboxylic acids is 1. The molecule has 3 heteroatoms. The Kier molecular flexibility index (Phi) is 6.24. The molecule has 0 unspecified atom stereocenters. The summed E-state index contributed by atoms with van der Waals surface area (Å²) in [5.41, 5.74) is 10.9. The van der Waals surface area contributed by atoms with Gasteiger partial charge in [-0.15, -0.1) is 0 Å². The van der Waals surface area contributed by atoms with Gasteiger partial charge in [0.25, 0.3) is 5.91 Å². The highest BCUT2D eigenvalue weighted by Gasteiger charge is 2.24. The van der Waals surface area contributed by atoms with Crippen LogP contribution in [0.15, 0.2) is 30.3 Å². The molecule has 0 saturated carbocycles. The third-order valence-electron chi connectivity index (χ3n) is 4.64. The lowest BCUT2D eigenvalue weighted by Crippen LogP contribution is -2.13. The Labute approximate surface area is 145 Å². The maximum atomic E-state index is 12.2. The SMILES string of the molecule is CCCCc1c(-c2ccccc2)c(C(N)=O)c(C)n1CCC(C)C. The number of rotatable bonds is 8. The van der Waals surface area contributed by atoms with Gasteiger partial charge in [0.2, 0.25) is 0 Å². The Morgan fingerprint density at radius 1 is 1.21 bits per heavy atom. The van der Waals surface area contributed by atoms with Crippen LogP contribution in [-0.4, -0.2) is 10.5 Å². The van der Waals surface area contributed by atoms with Crippen molar-refractivity contribution in [1.29, 1.82) is 0 Å². The quantitative estimate of drug-likeness (QED) is 0.733. The van der Waals surface area contributed by atoms with Crippen LogP contribution >= 0.6 is 0 Å². The minimum atomic E-state index is -0.326. The Morgan fingerprint density at radius 2 is 1.88 bits per heavy atom. The van der Waals surface area contributed by atoms with Gasteiger partial charge in [0, 0.05) is 23.5 Å². The molecule has 0 radical (unpaired) electrons. The first-order valence-corrected chi connectivity index (χ1v) is 9.04. The fourth-order valence-electron chi connectivity index (χ4n) is 3.31. The van der Waals surface area contributed by atoms with Gasteiger partial charge in [-0.25, -0.2) is 0 Å². The van der Waals surface area contributed by atoms with E-state index in [4.69, 9.17) is 5.73 Å². The third kappa shape index (κ3) is 3.89. The normalized spacial score (nSPS) is 11.2. The van der Waals surface area contributed by atoms with E-state index in [0.29, 0.717) is 11.5 Å². The second kappa shape index (κ2) is 8.18. The molecule has 24 heavy (non-hydrogen) atoms. The van der Waals surface area contributed by atoms with E-state index >= 15 is 0 Å². The molecule has 0 aliphatic rings. The number of hydrogen-bond acceptors (Lipinski definition) is 1. The fourth-order valence-corrected chi connectivity index (χ4v) is 3.31. The zero-order chi connectivity index (χ0) is 17.7. The summed E-state index contributed by atoms with van der Waals surface area (Å²) >= 11 is 0. The van der Waals surface area contributed by atoms with Crippen LogP contribution < -0.4 is 5.73 Å². The van der Waals surface area contributed by atoms with E-state index in [1.54, 1.807) is 0 Å². The number of aromatic nitrogens is 1. The van der Waals surface area contributed by atoms with E-state index in [-0.39, 0.29) is 5.91 Å². The van der Waals surface area contributed by atoms with Crippen molar-refractivity contribution < 1.29 is 4.79 Å². The Balaban J connectivity index is 2.64. The Bertz CT molecular complexity index is 684. The van der Waals surface area contributed by atoms with Gasteiger partial charge in [0.15, 0.2) is 0 Å². The molecule has 2 N–H and O–H groups in total. The molecular formula is C21H30N2O. The molecule has 0 spiro atoms. The second-order valence-corrected chi connectivity index (χ2v) is 6.95. The van der Waals surface area contributed by atoms with E-state index in [1.807, 2.05) is 25.1 Å². The summed E-state index contributed by atoms with van der Waals surface area (Å²) in [6.45, 7) is 9.64. The van der Waals surface area contributed by atoms with Crippen LogP contribution in [0.5, 0.6) is 0 Å². The third-order valence-corrected chi connectivity index (χ3v) is 4.64. The van der Waals surface area contributed by atoms with Gasteiger partial charge in [-0.05, 0) is 37.7 Å². The highest BCUT2D eigenvalue weighted by molar-refractivity contribution is 6.02. The minimum absolute atomic E-state index is 0.326. The summed E-state index contributed by atoms with van der Waals surface area (Å²) in [7, 11) is 0. The first kappa shape index (κ1) is 18.3. The lowest BCUT2D eigenvalue weighted by atomic mass is 9.97. The van der Waals surface area contributed by atoms with Crippen molar-refractivity contribution in [3.63, 3.8) is 0 Å². The summed E-state index contributed by atoms with van der Waals surface area (Å²) in [5.74, 6) is 0.301. The van der Waals surface area contributed by atoms with Gasteiger partial charge in [0.05, 0.1) is 5.56 Å². The summed E-state index contributed by atoms with van der Waals surface area (Å²) in [6, 6.07) is 10.2. The molecule has 130 valence electrons. The van der Waals surface area contributed by atoms with E-state index in [1.165, 1.54) is 5.69 Å². The van der Waals surface area contributed by atoms with Crippen LogP contribution in [0.4, 0.5) is 0 Å². The predicted octanol–water partition coefficient (Wildman–Crippen LogP) is 4.95. The van der Waals surface area contributed by atoms with Crippen LogP contribution in [0.2, 0.25) is 0 Å². The number of primary amides is 1. The van der Waals surface area contributed by atoms with Crippen molar-refractivity contribution in [2.75, 3.05) is 0 Å². The molecule has 0 aliphatic heterocycles. The monoisotopic (exact) mass is 326 g/mol. The zero-order valence-electron chi connectivity index (χ0n) is 15.4. The molecule has 3 nitrogen and oxygen atoms in total. The zero-order valence-corrected chi connectivity index (χ0v) is 15.4. The van der Waals surface area contributed by atoms with Crippen molar-refractivity contribution in [1.82, 2.24) is 4.57 Å². The standard InChI is InChI=1S/C21H30N2O/c1-5-6-12-18-20(17-10-8-7-9-11-17)19(21(22)24)16(4)23(18)14-13-15(2)3/h7-11,15H,5-6,12-14H2,1-4H3,(H2,22,24). The smallest absolute Gasteiger partial charge is 0.251 e. The minimum Gasteiger partial charge on any atom is -0.366 e. The second-order valence-electron chi connectivity index (χ2n) is 6.95. The summed E-state index contributed by atoms with van der Waals surface area (Å²) in [6.07, 6.45) is 4.33. The molecule has 1 aromatic heterocycles. The summed E-state index contributed by atoms with van der Waals surface area (Å²) in [5, 5.41) is 0. The highest BCUT2D eigenvalue weighted by Crippen LogP contribution is 2.34. The number of nitrogens with zero attached hydrogens (tertiary/aromatic N) is 1. The summed E-state index contributed by atoms with van der Waals surface area (Å²) < 4.78 is 2.33. The molecule has 0 fully saturated rings. The van der Waals surface area contributed by atoms with Crippen LogP contribution in [0, 0.1) is 12.8 Å². The van der Waals surface area contributed by atoms with Crippen LogP contribution in [0.25, 0.3) is 11.1 Å². The van der Waals surface area contributed by atoms with Crippen molar-refractivity contribution in [3.8, 4) is 11.1 Å². The molecule has 0 saturated heterocycles. The molecule has 1 aromatic carbocycles. The van der Waals surface area contributed by atoms with E-state index in [0.717, 1.165) is 49.0 Å². The molecule has 2 aromatic rings. The number of unbranched alkanes of at least 4 members (excludes halogenated alkanes) is 1. The topological polar surface area (TPSA) is 48.0 Å². The van der Waals surface area contributed by atoms with Gasteiger partial charge < -0.3 is 10.3 Å². The van der Waals surface area contributed by atoms with Gasteiger partial charge >= 0.3 is 0 Å². The van der Waals surface area contributed by atoms with Crippen molar-refractivity contribution >= 4 is 5.91 Å². The maximum absolute atomic E-state index is 12.2. The molecule has 0 atom stereocenters. The number of hydrogen-bond donors (Lipinski definition) is 1. The average Bonchev–Trinajstić information content (AvgIpc) is 2.83. The van der Waals surface area contributed by atoms with Crippen molar-refractivity contribution in [2.24, 2.45) is 11.7 Å². The van der Waals surface area contributed by atoms with Crippen LogP contribution in [0.3, 0.4) is 0 Å². The van der Waals surface area contributed by atoms with Gasteiger partial charge in [-0.1, -0.05) is 57.5 Å². The lowest BCUT2D eigenvalue weighted by molar-refractivity contribution is 0.1000. The number of benzene rings is 1. The Hall–Kier alpha value is -2.03. The largest absolute Gasteiger partial charge is 0.366 e. The molecule has 0 bridgehead atoms. The van der Waals surface area contributed by atoms with Crippen LogP contribution in [0.1, 0.15) is 61.8 Å². The summed E-state index contributed by atoms with van der Waals surface area (Å²) in [4.78, 5) is 12.2.